The number of anilines is 2. The highest BCUT2D eigenvalue weighted by molar-refractivity contribution is 14.1. The minimum Gasteiger partial charge on any atom is -0.394 e. The molecule has 0 aliphatic carbocycles. The van der Waals surface area contributed by atoms with Crippen LogP contribution in [-0.2, 0) is 14.2 Å². The number of nitrogens with zero attached hydrogens (tertiary/aromatic N) is 3. The lowest BCUT2D eigenvalue weighted by Crippen LogP contribution is -2.36. The maximum absolute atomic E-state index is 13.1. The molecule has 1 fully saturated rings. The van der Waals surface area contributed by atoms with Gasteiger partial charge in [-0.05, 0) is 46.9 Å². The van der Waals surface area contributed by atoms with Crippen molar-refractivity contribution in [2.45, 2.75) is 24.5 Å². The average Bonchev–Trinajstić information content (AvgIpc) is 3.49. The number of fused-ring (bicyclic) bond motifs is 1. The van der Waals surface area contributed by atoms with Crippen molar-refractivity contribution in [3.63, 3.8) is 0 Å². The predicted octanol–water partition coefficient (Wildman–Crippen LogP) is 2.82. The molecule has 2 aromatic carbocycles. The molecule has 1 aliphatic rings. The summed E-state index contributed by atoms with van der Waals surface area (Å²) in [5, 5.41) is 26.7. The number of hydrogen-bond acceptors (Lipinski definition) is 9. The SMILES string of the molecule is COCCOC1C(O)C(CO)OC1n1cc(I)c2c(NC(=O)c3ccccc3)nc(NC(=O)c3ccccc3)nc21. The van der Waals surface area contributed by atoms with Gasteiger partial charge >= 0.3 is 0 Å². The molecule has 4 unspecified atom stereocenters. The van der Waals surface area contributed by atoms with Gasteiger partial charge in [0.05, 0.1) is 25.2 Å². The molecule has 4 N–H and O–H groups in total. The fourth-order valence-corrected chi connectivity index (χ4v) is 5.31. The average molecular weight is 673 g/mol. The minimum absolute atomic E-state index is 0.0560. The van der Waals surface area contributed by atoms with Crippen molar-refractivity contribution in [2.75, 3.05) is 37.6 Å². The number of aliphatic hydroxyl groups excluding tert-OH is 2. The van der Waals surface area contributed by atoms with E-state index in [1.807, 2.05) is 0 Å². The zero-order valence-electron chi connectivity index (χ0n) is 21.9. The van der Waals surface area contributed by atoms with Crippen LogP contribution in [0.1, 0.15) is 26.9 Å². The van der Waals surface area contributed by atoms with Crippen molar-refractivity contribution >= 4 is 57.2 Å². The zero-order chi connectivity index (χ0) is 28.9. The van der Waals surface area contributed by atoms with E-state index in [-0.39, 0.29) is 25.0 Å². The van der Waals surface area contributed by atoms with Gasteiger partial charge in [0.2, 0.25) is 5.95 Å². The second-order valence-corrected chi connectivity index (χ2v) is 10.3. The first kappa shape index (κ1) is 29.0. The molecule has 0 radical (unpaired) electrons. The molecule has 2 amide bonds. The maximum Gasteiger partial charge on any atom is 0.258 e. The van der Waals surface area contributed by atoms with Crippen LogP contribution in [0.3, 0.4) is 0 Å². The quantitative estimate of drug-likeness (QED) is 0.147. The third-order valence-corrected chi connectivity index (χ3v) is 7.34. The lowest BCUT2D eigenvalue weighted by Gasteiger charge is -2.22. The molecule has 0 bridgehead atoms. The van der Waals surface area contributed by atoms with Crippen molar-refractivity contribution in [1.29, 1.82) is 0 Å². The normalized spacial score (nSPS) is 20.3. The molecular formula is C28H28IN5O7. The van der Waals surface area contributed by atoms with E-state index >= 15 is 0 Å². The Bertz CT molecular complexity index is 1520. The van der Waals surface area contributed by atoms with E-state index in [4.69, 9.17) is 14.2 Å². The number of amides is 2. The molecule has 12 nitrogen and oxygen atoms in total. The number of methoxy groups -OCH3 is 1. The molecular weight excluding hydrogens is 645 g/mol. The van der Waals surface area contributed by atoms with Crippen LogP contribution in [0.5, 0.6) is 0 Å². The summed E-state index contributed by atoms with van der Waals surface area (Å²) in [7, 11) is 1.54. The number of halogens is 1. The van der Waals surface area contributed by atoms with E-state index < -0.39 is 43.0 Å². The van der Waals surface area contributed by atoms with Gasteiger partial charge in [-0.3, -0.25) is 14.9 Å². The highest BCUT2D eigenvalue weighted by Gasteiger charge is 2.46. The number of nitrogens with one attached hydrogen (secondary N) is 2. The molecule has 214 valence electrons. The van der Waals surface area contributed by atoms with E-state index in [0.717, 1.165) is 0 Å². The number of carbonyl (C=O) groups is 2. The number of rotatable bonds is 10. The highest BCUT2D eigenvalue weighted by Crippen LogP contribution is 2.37. The Balaban J connectivity index is 1.59. The summed E-state index contributed by atoms with van der Waals surface area (Å²) in [4.78, 5) is 35.2. The molecule has 0 spiro atoms. The fourth-order valence-electron chi connectivity index (χ4n) is 4.52. The van der Waals surface area contributed by atoms with Crippen molar-refractivity contribution in [1.82, 2.24) is 14.5 Å². The maximum atomic E-state index is 13.1. The van der Waals surface area contributed by atoms with Gasteiger partial charge in [0.15, 0.2) is 11.9 Å². The molecule has 41 heavy (non-hydrogen) atoms. The van der Waals surface area contributed by atoms with E-state index in [1.165, 1.54) is 7.11 Å². The zero-order valence-corrected chi connectivity index (χ0v) is 24.1. The summed E-state index contributed by atoms with van der Waals surface area (Å²) >= 11 is 2.09. The van der Waals surface area contributed by atoms with E-state index in [9.17, 15) is 19.8 Å². The number of carbonyl (C=O) groups excluding carboxylic acids is 2. The van der Waals surface area contributed by atoms with E-state index in [1.54, 1.807) is 71.4 Å². The Morgan fingerprint density at radius 2 is 1.63 bits per heavy atom. The van der Waals surface area contributed by atoms with Gasteiger partial charge in [-0.2, -0.15) is 9.97 Å². The van der Waals surface area contributed by atoms with E-state index in [2.05, 4.69) is 43.2 Å². The standard InChI is InChI=1S/C28H28IN5O7/c1-39-12-13-40-22-21(36)19(15-35)41-27(22)34-14-18(29)20-23(30-25(37)16-8-4-2-5-9-16)31-28(32-24(20)34)33-26(38)17-10-6-3-7-11-17/h2-11,14,19,21-22,27,35-36H,12-13,15H2,1H3,(H2,30,31,32,33,37,38). The Hall–Kier alpha value is -3.47. The van der Waals surface area contributed by atoms with Crippen molar-refractivity contribution in [2.24, 2.45) is 0 Å². The van der Waals surface area contributed by atoms with Crippen LogP contribution in [-0.4, -0.2) is 81.8 Å². The second-order valence-electron chi connectivity index (χ2n) is 9.19. The minimum atomic E-state index is -1.13. The van der Waals surface area contributed by atoms with Crippen molar-refractivity contribution in [3.05, 3.63) is 81.6 Å². The van der Waals surface area contributed by atoms with Gasteiger partial charge in [0.1, 0.15) is 24.1 Å². The monoisotopic (exact) mass is 673 g/mol. The molecule has 3 heterocycles. The lowest BCUT2D eigenvalue weighted by atomic mass is 10.1. The predicted molar refractivity (Wildman–Crippen MR) is 158 cm³/mol. The third-order valence-electron chi connectivity index (χ3n) is 6.52. The van der Waals surface area contributed by atoms with Crippen LogP contribution in [0, 0.1) is 3.57 Å². The molecule has 0 saturated carbocycles. The molecule has 5 rings (SSSR count). The molecule has 13 heteroatoms. The van der Waals surface area contributed by atoms with Crippen LogP contribution in [0.25, 0.3) is 11.0 Å². The van der Waals surface area contributed by atoms with Crippen molar-refractivity contribution < 1.29 is 34.0 Å². The topological polar surface area (TPSA) is 157 Å². The van der Waals surface area contributed by atoms with Gasteiger partial charge in [-0.1, -0.05) is 36.4 Å². The summed E-state index contributed by atoms with van der Waals surface area (Å²) in [6.45, 7) is 0.0410. The number of ether oxygens (including phenoxy) is 3. The first-order valence-corrected chi connectivity index (χ1v) is 13.8. The molecule has 1 aliphatic heterocycles. The molecule has 1 saturated heterocycles. The Labute approximate surface area is 248 Å². The van der Waals surface area contributed by atoms with Crippen LogP contribution >= 0.6 is 22.6 Å². The number of benzene rings is 2. The molecule has 4 atom stereocenters. The van der Waals surface area contributed by atoms with Gasteiger partial charge < -0.3 is 34.3 Å². The van der Waals surface area contributed by atoms with Crippen molar-refractivity contribution in [3.8, 4) is 0 Å². The van der Waals surface area contributed by atoms with Gasteiger partial charge in [-0.25, -0.2) is 0 Å². The number of aromatic nitrogens is 3. The Kier molecular flexibility index (Phi) is 9.22. The van der Waals surface area contributed by atoms with Crippen LogP contribution in [0.4, 0.5) is 11.8 Å². The Morgan fingerprint density at radius 3 is 2.24 bits per heavy atom. The van der Waals surface area contributed by atoms with Gasteiger partial charge in [0.25, 0.3) is 11.8 Å². The summed E-state index contributed by atoms with van der Waals surface area (Å²) in [6, 6.07) is 17.2. The summed E-state index contributed by atoms with van der Waals surface area (Å²) in [6.07, 6.45) is -2.07. The third kappa shape index (κ3) is 6.24. The molecule has 4 aromatic rings. The second kappa shape index (κ2) is 13.0. The first-order valence-electron chi connectivity index (χ1n) is 12.8. The first-order chi connectivity index (χ1) is 19.9. The summed E-state index contributed by atoms with van der Waals surface area (Å²) in [5.41, 5.74) is 1.13. The summed E-state index contributed by atoms with van der Waals surface area (Å²) in [5.74, 6) is -0.723. The molecule has 2 aromatic heterocycles. The number of hydrogen-bond donors (Lipinski definition) is 4. The lowest BCUT2D eigenvalue weighted by molar-refractivity contribution is -0.0784. The fraction of sp³-hybridized carbons (Fsp3) is 0.286. The van der Waals surface area contributed by atoms with E-state index in [0.29, 0.717) is 25.7 Å². The van der Waals surface area contributed by atoms with Gasteiger partial charge in [-0.15, -0.1) is 0 Å². The number of aliphatic hydroxyl groups is 2. The van der Waals surface area contributed by atoms with Gasteiger partial charge in [0, 0.05) is 28.0 Å². The van der Waals surface area contributed by atoms with Crippen LogP contribution in [0.15, 0.2) is 66.9 Å². The summed E-state index contributed by atoms with van der Waals surface area (Å²) < 4.78 is 19.3. The van der Waals surface area contributed by atoms with Crippen LogP contribution in [0.2, 0.25) is 0 Å². The van der Waals surface area contributed by atoms with Crippen LogP contribution < -0.4 is 10.6 Å². The highest BCUT2D eigenvalue weighted by atomic mass is 127. The Morgan fingerprint density at radius 1 is 1.00 bits per heavy atom. The largest absolute Gasteiger partial charge is 0.394 e. The smallest absolute Gasteiger partial charge is 0.258 e.